The maximum atomic E-state index is 13.5. The number of ether oxygens (including phenoxy) is 2. The molecule has 1 N–H and O–H groups in total. The number of amides is 1. The summed E-state index contributed by atoms with van der Waals surface area (Å²) in [6.07, 6.45) is 0.252. The minimum absolute atomic E-state index is 0.0278. The normalized spacial score (nSPS) is 21.1. The SMILES string of the molecule is COCC(=O)N(C)C[C@@H]1Oc2cc(C#CCC(C)C)ccc2S(=O)(=O)N([C@@H](C)CO)C[C@@H]1C. The lowest BCUT2D eigenvalue weighted by Gasteiger charge is -2.37. The Bertz CT molecular complexity index is 982. The molecule has 184 valence electrons. The van der Waals surface area contributed by atoms with Gasteiger partial charge < -0.3 is 19.5 Å². The number of fused-ring (bicyclic) bond motifs is 1. The van der Waals surface area contributed by atoms with Gasteiger partial charge in [-0.1, -0.05) is 32.6 Å². The van der Waals surface area contributed by atoms with Crippen molar-refractivity contribution in [3.63, 3.8) is 0 Å². The fourth-order valence-electron chi connectivity index (χ4n) is 3.48. The average Bonchev–Trinajstić information content (AvgIpc) is 2.75. The van der Waals surface area contributed by atoms with E-state index in [-0.39, 0.29) is 48.8 Å². The summed E-state index contributed by atoms with van der Waals surface area (Å²) in [6, 6.07) is 4.21. The van der Waals surface area contributed by atoms with E-state index in [1.807, 2.05) is 6.92 Å². The molecule has 0 aliphatic carbocycles. The number of likely N-dealkylation sites (N-methyl/N-ethyl adjacent to an activating group) is 1. The number of hydrogen-bond acceptors (Lipinski definition) is 6. The third-order valence-corrected chi connectivity index (χ3v) is 7.58. The van der Waals surface area contributed by atoms with Crippen molar-refractivity contribution in [1.29, 1.82) is 0 Å². The van der Waals surface area contributed by atoms with Crippen molar-refractivity contribution in [2.75, 3.05) is 40.5 Å². The summed E-state index contributed by atoms with van der Waals surface area (Å²) in [5.74, 6) is 6.36. The predicted molar refractivity (Wildman–Crippen MR) is 126 cm³/mol. The molecule has 1 aromatic carbocycles. The number of carbonyl (C=O) groups is 1. The average molecular weight is 481 g/mol. The number of carbonyl (C=O) groups excluding carboxylic acids is 1. The van der Waals surface area contributed by atoms with Crippen LogP contribution in [0.3, 0.4) is 0 Å². The quantitative estimate of drug-likeness (QED) is 0.600. The van der Waals surface area contributed by atoms with Crippen LogP contribution in [0, 0.1) is 23.7 Å². The number of benzene rings is 1. The Balaban J connectivity index is 2.52. The molecule has 0 saturated heterocycles. The molecule has 8 nitrogen and oxygen atoms in total. The highest BCUT2D eigenvalue weighted by Crippen LogP contribution is 2.34. The molecule has 0 bridgehead atoms. The van der Waals surface area contributed by atoms with Gasteiger partial charge in [0.25, 0.3) is 0 Å². The Morgan fingerprint density at radius 1 is 1.36 bits per heavy atom. The standard InChI is InChI=1S/C24H36N2O6S/c1-17(2)8-7-9-20-10-11-23-21(12-20)32-22(14-25(5)24(28)16-31-6)18(3)13-26(19(4)15-27)33(23,29)30/h10-12,17-19,22,27H,8,13-16H2,1-6H3/t18-,19-,22-/m0/s1. The lowest BCUT2D eigenvalue weighted by molar-refractivity contribution is -0.135. The number of nitrogens with zero attached hydrogens (tertiary/aromatic N) is 2. The van der Waals surface area contributed by atoms with Gasteiger partial charge in [-0.25, -0.2) is 8.42 Å². The molecule has 0 unspecified atom stereocenters. The van der Waals surface area contributed by atoms with Crippen molar-refractivity contribution in [2.24, 2.45) is 11.8 Å². The Labute approximate surface area is 197 Å². The highest BCUT2D eigenvalue weighted by Gasteiger charge is 2.38. The summed E-state index contributed by atoms with van der Waals surface area (Å²) in [6.45, 7) is 7.75. The summed E-state index contributed by atoms with van der Waals surface area (Å²) in [4.78, 5) is 13.8. The second kappa shape index (κ2) is 11.8. The molecule has 1 heterocycles. The summed E-state index contributed by atoms with van der Waals surface area (Å²) in [5, 5.41) is 9.72. The Morgan fingerprint density at radius 3 is 2.67 bits per heavy atom. The van der Waals surface area contributed by atoms with Gasteiger partial charge in [0.15, 0.2) is 0 Å². The summed E-state index contributed by atoms with van der Waals surface area (Å²) in [7, 11) is -0.796. The molecule has 0 aromatic heterocycles. The van der Waals surface area contributed by atoms with Crippen molar-refractivity contribution in [2.45, 2.75) is 51.2 Å². The number of methoxy groups -OCH3 is 1. The van der Waals surface area contributed by atoms with Crippen molar-refractivity contribution < 1.29 is 27.8 Å². The smallest absolute Gasteiger partial charge is 0.248 e. The van der Waals surface area contributed by atoms with Gasteiger partial charge >= 0.3 is 0 Å². The number of hydrogen-bond donors (Lipinski definition) is 1. The maximum Gasteiger partial charge on any atom is 0.248 e. The minimum Gasteiger partial charge on any atom is -0.487 e. The van der Waals surface area contributed by atoms with E-state index in [1.165, 1.54) is 22.4 Å². The van der Waals surface area contributed by atoms with Gasteiger partial charge in [-0.3, -0.25) is 4.79 Å². The van der Waals surface area contributed by atoms with E-state index in [0.717, 1.165) is 6.42 Å². The zero-order valence-electron chi connectivity index (χ0n) is 20.4. The molecular formula is C24H36N2O6S. The van der Waals surface area contributed by atoms with Crippen LogP contribution in [0.5, 0.6) is 5.75 Å². The Kier molecular flexibility index (Phi) is 9.73. The first-order valence-corrected chi connectivity index (χ1v) is 12.6. The molecule has 3 atom stereocenters. The molecule has 1 aromatic rings. The first kappa shape index (κ1) is 27.1. The van der Waals surface area contributed by atoms with Crippen LogP contribution in [-0.4, -0.2) is 81.2 Å². The van der Waals surface area contributed by atoms with E-state index < -0.39 is 22.2 Å². The summed E-state index contributed by atoms with van der Waals surface area (Å²) >= 11 is 0. The maximum absolute atomic E-state index is 13.5. The van der Waals surface area contributed by atoms with E-state index in [9.17, 15) is 18.3 Å². The van der Waals surface area contributed by atoms with Crippen LogP contribution < -0.4 is 4.74 Å². The summed E-state index contributed by atoms with van der Waals surface area (Å²) in [5.41, 5.74) is 0.655. The van der Waals surface area contributed by atoms with Crippen LogP contribution in [0.1, 0.15) is 39.7 Å². The zero-order valence-corrected chi connectivity index (χ0v) is 21.2. The highest BCUT2D eigenvalue weighted by molar-refractivity contribution is 7.89. The van der Waals surface area contributed by atoms with Crippen LogP contribution in [0.4, 0.5) is 0 Å². The first-order chi connectivity index (χ1) is 15.5. The van der Waals surface area contributed by atoms with Gasteiger partial charge in [-0.05, 0) is 31.0 Å². The second-order valence-corrected chi connectivity index (χ2v) is 10.9. The van der Waals surface area contributed by atoms with Crippen LogP contribution in [0.2, 0.25) is 0 Å². The van der Waals surface area contributed by atoms with Gasteiger partial charge in [0, 0.05) is 44.6 Å². The third-order valence-electron chi connectivity index (χ3n) is 5.56. The molecule has 33 heavy (non-hydrogen) atoms. The van der Waals surface area contributed by atoms with E-state index in [2.05, 4.69) is 25.7 Å². The van der Waals surface area contributed by atoms with E-state index in [1.54, 1.807) is 26.1 Å². The van der Waals surface area contributed by atoms with Crippen LogP contribution in [-0.2, 0) is 19.6 Å². The summed E-state index contributed by atoms with van der Waals surface area (Å²) < 4.78 is 39.5. The Hall–Kier alpha value is -2.12. The molecule has 0 fully saturated rings. The molecule has 1 aliphatic heterocycles. The molecule has 0 spiro atoms. The minimum atomic E-state index is -3.91. The molecule has 9 heteroatoms. The molecule has 1 amide bonds. The van der Waals surface area contributed by atoms with Gasteiger partial charge in [0.1, 0.15) is 23.4 Å². The van der Waals surface area contributed by atoms with Gasteiger partial charge in [-0.15, -0.1) is 0 Å². The van der Waals surface area contributed by atoms with Gasteiger partial charge in [-0.2, -0.15) is 4.31 Å². The third kappa shape index (κ3) is 6.93. The molecule has 0 radical (unpaired) electrons. The predicted octanol–water partition coefficient (Wildman–Crippen LogP) is 1.96. The van der Waals surface area contributed by atoms with Crippen LogP contribution in [0.15, 0.2) is 23.1 Å². The molecule has 1 aliphatic rings. The lowest BCUT2D eigenvalue weighted by atomic mass is 10.0. The van der Waals surface area contributed by atoms with Crippen molar-refractivity contribution in [3.8, 4) is 17.6 Å². The monoisotopic (exact) mass is 480 g/mol. The molecular weight excluding hydrogens is 444 g/mol. The highest BCUT2D eigenvalue weighted by atomic mass is 32.2. The number of aliphatic hydroxyl groups is 1. The van der Waals surface area contributed by atoms with E-state index in [4.69, 9.17) is 9.47 Å². The number of rotatable bonds is 7. The largest absolute Gasteiger partial charge is 0.487 e. The second-order valence-electron chi connectivity index (χ2n) is 9.01. The first-order valence-electron chi connectivity index (χ1n) is 11.2. The lowest BCUT2D eigenvalue weighted by Crippen LogP contribution is -2.50. The van der Waals surface area contributed by atoms with Gasteiger partial charge in [0.05, 0.1) is 13.2 Å². The Morgan fingerprint density at radius 2 is 2.06 bits per heavy atom. The van der Waals surface area contributed by atoms with E-state index in [0.29, 0.717) is 11.5 Å². The molecule has 2 rings (SSSR count). The zero-order chi connectivity index (χ0) is 24.8. The fourth-order valence-corrected chi connectivity index (χ4v) is 5.31. The van der Waals surface area contributed by atoms with E-state index >= 15 is 0 Å². The molecule has 0 saturated carbocycles. The van der Waals surface area contributed by atoms with Crippen molar-refractivity contribution in [3.05, 3.63) is 23.8 Å². The number of sulfonamides is 1. The van der Waals surface area contributed by atoms with Crippen LogP contribution >= 0.6 is 0 Å². The topological polar surface area (TPSA) is 96.4 Å². The van der Waals surface area contributed by atoms with Crippen molar-refractivity contribution in [1.82, 2.24) is 9.21 Å². The van der Waals surface area contributed by atoms with Gasteiger partial charge in [0.2, 0.25) is 15.9 Å². The van der Waals surface area contributed by atoms with Crippen molar-refractivity contribution >= 4 is 15.9 Å². The van der Waals surface area contributed by atoms with Crippen LogP contribution in [0.25, 0.3) is 0 Å². The fraction of sp³-hybridized carbons (Fsp3) is 0.625. The number of aliphatic hydroxyl groups excluding tert-OH is 1.